The molecule has 1 aromatic rings. The Morgan fingerprint density at radius 3 is 2.28 bits per heavy atom. The first-order valence-electron chi connectivity index (χ1n) is 8.14. The van der Waals surface area contributed by atoms with Crippen LogP contribution in [0, 0.1) is 5.41 Å². The van der Waals surface area contributed by atoms with Gasteiger partial charge in [0.05, 0.1) is 13.2 Å². The van der Waals surface area contributed by atoms with Crippen LogP contribution in [0.4, 0.5) is 0 Å². The van der Waals surface area contributed by atoms with Crippen molar-refractivity contribution in [2.75, 3.05) is 13.2 Å². The maximum absolute atomic E-state index is 12.7. The van der Waals surface area contributed by atoms with E-state index in [2.05, 4.69) is 0 Å². The lowest BCUT2D eigenvalue weighted by Gasteiger charge is -2.37. The summed E-state index contributed by atoms with van der Waals surface area (Å²) in [7, 11) is 0. The second-order valence-electron chi connectivity index (χ2n) is 5.85. The van der Waals surface area contributed by atoms with Crippen LogP contribution in [0.25, 0.3) is 0 Å². The summed E-state index contributed by atoms with van der Waals surface area (Å²) in [6, 6.07) is 5.07. The molecule has 0 unspecified atom stereocenters. The monoisotopic (exact) mass is 368 g/mol. The third kappa shape index (κ3) is 3.95. The number of carbonyl (C=O) groups is 3. The summed E-state index contributed by atoms with van der Waals surface area (Å²) >= 11 is 6.05. The van der Waals surface area contributed by atoms with Crippen LogP contribution in [0.2, 0.25) is 5.02 Å². The third-order valence-corrected chi connectivity index (χ3v) is 4.36. The number of rotatable bonds is 5. The van der Waals surface area contributed by atoms with E-state index in [0.29, 0.717) is 16.1 Å². The fourth-order valence-electron chi connectivity index (χ4n) is 3.09. The molecule has 0 N–H and O–H groups in total. The topological polar surface area (TPSA) is 78.9 Å². The first-order valence-corrected chi connectivity index (χ1v) is 8.51. The molecular weight excluding hydrogens is 348 g/mol. The second-order valence-corrected chi connectivity index (χ2v) is 6.28. The molecule has 136 valence electrons. The molecule has 0 heterocycles. The average Bonchev–Trinajstić information content (AvgIpc) is 2.55. The van der Waals surface area contributed by atoms with E-state index in [4.69, 9.17) is 25.8 Å². The molecule has 1 aliphatic rings. The summed E-state index contributed by atoms with van der Waals surface area (Å²) in [4.78, 5) is 36.8. The van der Waals surface area contributed by atoms with Crippen molar-refractivity contribution < 1.29 is 28.6 Å². The largest absolute Gasteiger partial charge is 0.465 e. The summed E-state index contributed by atoms with van der Waals surface area (Å²) in [5, 5.41) is 0.482. The molecule has 0 radical (unpaired) electrons. The maximum Gasteiger partial charge on any atom is 0.323 e. The van der Waals surface area contributed by atoms with E-state index in [1.165, 1.54) is 6.92 Å². The Labute approximate surface area is 151 Å². The van der Waals surface area contributed by atoms with Gasteiger partial charge in [0.15, 0.2) is 5.41 Å². The molecule has 7 heteroatoms. The van der Waals surface area contributed by atoms with Crippen molar-refractivity contribution in [2.24, 2.45) is 5.41 Å². The highest BCUT2D eigenvalue weighted by molar-refractivity contribution is 6.30. The average molecular weight is 369 g/mol. The Morgan fingerprint density at radius 2 is 1.76 bits per heavy atom. The fourth-order valence-corrected chi connectivity index (χ4v) is 3.27. The first-order chi connectivity index (χ1) is 11.8. The molecular formula is C18H21ClO6. The van der Waals surface area contributed by atoms with Crippen molar-refractivity contribution in [1.82, 2.24) is 0 Å². The highest BCUT2D eigenvalue weighted by atomic mass is 35.5. The molecule has 0 spiro atoms. The second kappa shape index (κ2) is 7.87. The molecule has 1 aliphatic carbocycles. The minimum atomic E-state index is -1.55. The molecule has 0 saturated carbocycles. The van der Waals surface area contributed by atoms with Gasteiger partial charge < -0.3 is 14.2 Å². The summed E-state index contributed by atoms with van der Waals surface area (Å²) in [6.45, 7) is 4.86. The lowest BCUT2D eigenvalue weighted by atomic mass is 9.70. The summed E-state index contributed by atoms with van der Waals surface area (Å²) in [6.07, 6.45) is -0.722. The number of hydrogen-bond donors (Lipinski definition) is 0. The molecule has 0 bridgehead atoms. The highest BCUT2D eigenvalue weighted by Gasteiger charge is 2.54. The standard InChI is InChI=1S/C18H21ClO6/c1-4-23-16(21)18(17(22)24-5-2)9-12-6-7-13(19)8-14(12)15(10-18)25-11(3)20/h6-8,15H,4-5,9-10H2,1-3H3/t15-/m1/s1. The van der Waals surface area contributed by atoms with Crippen molar-refractivity contribution in [3.8, 4) is 0 Å². The lowest BCUT2D eigenvalue weighted by molar-refractivity contribution is -0.178. The predicted octanol–water partition coefficient (Wildman–Crippen LogP) is 3.00. The zero-order valence-electron chi connectivity index (χ0n) is 14.5. The van der Waals surface area contributed by atoms with Crippen molar-refractivity contribution in [3.63, 3.8) is 0 Å². The highest BCUT2D eigenvalue weighted by Crippen LogP contribution is 2.45. The van der Waals surface area contributed by atoms with Crippen LogP contribution in [-0.4, -0.2) is 31.1 Å². The van der Waals surface area contributed by atoms with Gasteiger partial charge in [0.25, 0.3) is 0 Å². The molecule has 1 aromatic carbocycles. The Morgan fingerprint density at radius 1 is 1.16 bits per heavy atom. The number of carbonyl (C=O) groups excluding carboxylic acids is 3. The molecule has 6 nitrogen and oxygen atoms in total. The molecule has 2 rings (SSSR count). The van der Waals surface area contributed by atoms with Gasteiger partial charge in [-0.3, -0.25) is 14.4 Å². The van der Waals surface area contributed by atoms with Crippen LogP contribution in [0.1, 0.15) is 44.4 Å². The van der Waals surface area contributed by atoms with Crippen LogP contribution in [-0.2, 0) is 35.0 Å². The van der Waals surface area contributed by atoms with Gasteiger partial charge in [-0.1, -0.05) is 17.7 Å². The molecule has 0 amide bonds. The minimum absolute atomic E-state index is 0.0441. The first kappa shape index (κ1) is 19.2. The van der Waals surface area contributed by atoms with E-state index in [1.54, 1.807) is 32.0 Å². The number of hydrogen-bond acceptors (Lipinski definition) is 6. The van der Waals surface area contributed by atoms with Gasteiger partial charge in [0, 0.05) is 18.4 Å². The van der Waals surface area contributed by atoms with Gasteiger partial charge in [-0.05, 0) is 43.5 Å². The third-order valence-electron chi connectivity index (χ3n) is 4.12. The van der Waals surface area contributed by atoms with Gasteiger partial charge in [0.1, 0.15) is 6.10 Å². The van der Waals surface area contributed by atoms with Gasteiger partial charge in [-0.25, -0.2) is 0 Å². The van der Waals surface area contributed by atoms with Crippen molar-refractivity contribution in [3.05, 3.63) is 34.3 Å². The van der Waals surface area contributed by atoms with Crippen molar-refractivity contribution >= 4 is 29.5 Å². The van der Waals surface area contributed by atoms with Gasteiger partial charge in [-0.15, -0.1) is 0 Å². The Hall–Kier alpha value is -2.08. The van der Waals surface area contributed by atoms with Gasteiger partial charge >= 0.3 is 17.9 Å². The summed E-state index contributed by atoms with van der Waals surface area (Å²) < 4.78 is 15.6. The zero-order chi connectivity index (χ0) is 18.6. The molecule has 0 aromatic heterocycles. The van der Waals surface area contributed by atoms with Crippen LogP contribution in [0.3, 0.4) is 0 Å². The van der Waals surface area contributed by atoms with Crippen LogP contribution < -0.4 is 0 Å². The zero-order valence-corrected chi connectivity index (χ0v) is 15.2. The number of ether oxygens (including phenoxy) is 3. The maximum atomic E-state index is 12.7. The lowest BCUT2D eigenvalue weighted by Crippen LogP contribution is -2.47. The Bertz CT molecular complexity index is 666. The number of benzene rings is 1. The Kier molecular flexibility index (Phi) is 6.06. The molecule has 0 fully saturated rings. The number of halogens is 1. The smallest absolute Gasteiger partial charge is 0.323 e. The van der Waals surface area contributed by atoms with E-state index in [9.17, 15) is 14.4 Å². The SMILES string of the molecule is CCOC(=O)C1(C(=O)OCC)Cc2ccc(Cl)cc2[C@H](OC(C)=O)C1. The summed E-state index contributed by atoms with van der Waals surface area (Å²) in [5.41, 5.74) is -0.164. The quantitative estimate of drug-likeness (QED) is 0.451. The number of fused-ring (bicyclic) bond motifs is 1. The van der Waals surface area contributed by atoms with E-state index in [-0.39, 0.29) is 26.1 Å². The molecule has 0 aliphatic heterocycles. The van der Waals surface area contributed by atoms with Gasteiger partial charge in [-0.2, -0.15) is 0 Å². The predicted molar refractivity (Wildman–Crippen MR) is 90.0 cm³/mol. The van der Waals surface area contributed by atoms with Crippen molar-refractivity contribution in [1.29, 1.82) is 0 Å². The fraction of sp³-hybridized carbons (Fsp3) is 0.500. The van der Waals surface area contributed by atoms with E-state index >= 15 is 0 Å². The normalized spacial score (nSPS) is 18.0. The van der Waals surface area contributed by atoms with Crippen LogP contribution in [0.5, 0.6) is 0 Å². The number of esters is 3. The van der Waals surface area contributed by atoms with E-state index in [0.717, 1.165) is 0 Å². The molecule has 25 heavy (non-hydrogen) atoms. The van der Waals surface area contributed by atoms with Crippen LogP contribution >= 0.6 is 11.6 Å². The molecule has 1 atom stereocenters. The van der Waals surface area contributed by atoms with Crippen molar-refractivity contribution in [2.45, 2.75) is 39.7 Å². The Balaban J connectivity index is 2.54. The summed E-state index contributed by atoms with van der Waals surface area (Å²) in [5.74, 6) is -1.86. The van der Waals surface area contributed by atoms with E-state index < -0.39 is 29.4 Å². The molecule has 0 saturated heterocycles. The van der Waals surface area contributed by atoms with E-state index in [1.807, 2.05) is 0 Å². The van der Waals surface area contributed by atoms with Crippen LogP contribution in [0.15, 0.2) is 18.2 Å². The van der Waals surface area contributed by atoms with Gasteiger partial charge in [0.2, 0.25) is 0 Å². The minimum Gasteiger partial charge on any atom is -0.465 e.